The van der Waals surface area contributed by atoms with Gasteiger partial charge in [0.05, 0.1) is 13.2 Å². The van der Waals surface area contributed by atoms with Crippen molar-refractivity contribution in [2.75, 3.05) is 18.5 Å². The number of nitrogens with zero attached hydrogens (tertiary/aromatic N) is 2. The molecule has 1 fully saturated rings. The molecule has 6 heteroatoms. The Hall–Kier alpha value is -2.47. The molecule has 0 aliphatic carbocycles. The average Bonchev–Trinajstić information content (AvgIpc) is 3.01. The highest BCUT2D eigenvalue weighted by Gasteiger charge is 2.21. The first-order valence-electron chi connectivity index (χ1n) is 7.16. The molecule has 0 unspecified atom stereocenters. The number of rotatable bonds is 4. The van der Waals surface area contributed by atoms with Gasteiger partial charge in [0.1, 0.15) is 17.5 Å². The first-order valence-corrected chi connectivity index (χ1v) is 7.16. The monoisotopic (exact) mass is 299 g/mol. The van der Waals surface area contributed by atoms with Crippen molar-refractivity contribution in [3.63, 3.8) is 0 Å². The van der Waals surface area contributed by atoms with Gasteiger partial charge in [0, 0.05) is 18.8 Å². The van der Waals surface area contributed by atoms with Crippen LogP contribution in [0.15, 0.2) is 36.7 Å². The number of ether oxygens (including phenoxy) is 2. The minimum atomic E-state index is -0.292. The van der Waals surface area contributed by atoms with Gasteiger partial charge in [-0.15, -0.1) is 0 Å². The van der Waals surface area contributed by atoms with Gasteiger partial charge >= 0.3 is 0 Å². The Labute approximate surface area is 128 Å². The van der Waals surface area contributed by atoms with E-state index in [0.29, 0.717) is 30.5 Å². The maximum atomic E-state index is 12.4. The van der Waals surface area contributed by atoms with Crippen LogP contribution in [0.2, 0.25) is 0 Å². The lowest BCUT2D eigenvalue weighted by atomic mass is 10.2. The topological polar surface area (TPSA) is 73.3 Å². The summed E-state index contributed by atoms with van der Waals surface area (Å²) in [5.41, 5.74) is 1.41. The minimum Gasteiger partial charge on any atom is -0.471 e. The first kappa shape index (κ1) is 14.5. The van der Waals surface area contributed by atoms with Crippen LogP contribution in [0.3, 0.4) is 0 Å². The quantitative estimate of drug-likeness (QED) is 0.937. The van der Waals surface area contributed by atoms with Crippen LogP contribution >= 0.6 is 0 Å². The summed E-state index contributed by atoms with van der Waals surface area (Å²) < 4.78 is 11.0. The molecule has 2 aromatic heterocycles. The number of carbonyl (C=O) groups excluding carboxylic acids is 1. The van der Waals surface area contributed by atoms with Crippen molar-refractivity contribution in [1.82, 2.24) is 9.97 Å². The maximum absolute atomic E-state index is 12.4. The van der Waals surface area contributed by atoms with Gasteiger partial charge in [0.15, 0.2) is 0 Å². The van der Waals surface area contributed by atoms with Crippen molar-refractivity contribution in [2.24, 2.45) is 0 Å². The van der Waals surface area contributed by atoms with Crippen molar-refractivity contribution in [3.05, 3.63) is 47.8 Å². The van der Waals surface area contributed by atoms with Crippen LogP contribution in [-0.2, 0) is 4.74 Å². The summed E-state index contributed by atoms with van der Waals surface area (Å²) in [6, 6.07) is 7.06. The molecule has 1 atom stereocenters. The van der Waals surface area contributed by atoms with Crippen LogP contribution in [0.5, 0.6) is 5.88 Å². The number of nitrogens with one attached hydrogen (secondary N) is 1. The van der Waals surface area contributed by atoms with E-state index in [1.54, 1.807) is 30.6 Å². The average molecular weight is 299 g/mol. The molecule has 1 saturated heterocycles. The molecule has 1 amide bonds. The van der Waals surface area contributed by atoms with E-state index in [9.17, 15) is 4.79 Å². The zero-order chi connectivity index (χ0) is 15.4. The van der Waals surface area contributed by atoms with Crippen LogP contribution in [0.25, 0.3) is 0 Å². The molecular formula is C16H17N3O3. The zero-order valence-corrected chi connectivity index (χ0v) is 12.3. The Kier molecular flexibility index (Phi) is 4.29. The number of aryl methyl sites for hydroxylation is 1. The zero-order valence-electron chi connectivity index (χ0n) is 12.3. The van der Waals surface area contributed by atoms with E-state index >= 15 is 0 Å². The van der Waals surface area contributed by atoms with Gasteiger partial charge in [-0.05, 0) is 36.8 Å². The fraction of sp³-hybridized carbons (Fsp3) is 0.312. The summed E-state index contributed by atoms with van der Waals surface area (Å²) in [6.45, 7) is 3.14. The molecule has 1 N–H and O–H groups in total. The molecule has 0 saturated carbocycles. The molecule has 6 nitrogen and oxygen atoms in total. The minimum absolute atomic E-state index is 0.0569. The SMILES string of the molecule is Cc1ccnc(NC(=O)c2cccnc2O[C@@H]2CCOC2)c1. The molecule has 22 heavy (non-hydrogen) atoms. The van der Waals surface area contributed by atoms with Crippen molar-refractivity contribution in [3.8, 4) is 5.88 Å². The van der Waals surface area contributed by atoms with Gasteiger partial charge in [-0.3, -0.25) is 4.79 Å². The number of hydrogen-bond acceptors (Lipinski definition) is 5. The van der Waals surface area contributed by atoms with Gasteiger partial charge in [0.2, 0.25) is 5.88 Å². The molecule has 0 spiro atoms. The summed E-state index contributed by atoms with van der Waals surface area (Å²) in [4.78, 5) is 20.7. The summed E-state index contributed by atoms with van der Waals surface area (Å²) in [5, 5.41) is 2.76. The Morgan fingerprint density at radius 2 is 2.27 bits per heavy atom. The van der Waals surface area contributed by atoms with Crippen molar-refractivity contribution < 1.29 is 14.3 Å². The van der Waals surface area contributed by atoms with Gasteiger partial charge < -0.3 is 14.8 Å². The highest BCUT2D eigenvalue weighted by molar-refractivity contribution is 6.05. The summed E-state index contributed by atoms with van der Waals surface area (Å²) in [5.74, 6) is 0.535. The molecule has 0 radical (unpaired) electrons. The number of pyridine rings is 2. The van der Waals surface area contributed by atoms with E-state index in [1.807, 2.05) is 13.0 Å². The Morgan fingerprint density at radius 3 is 3.05 bits per heavy atom. The number of amides is 1. The highest BCUT2D eigenvalue weighted by Crippen LogP contribution is 2.20. The lowest BCUT2D eigenvalue weighted by molar-refractivity contribution is 0.101. The van der Waals surface area contributed by atoms with Crippen LogP contribution in [0.4, 0.5) is 5.82 Å². The number of aromatic nitrogens is 2. The summed E-state index contributed by atoms with van der Waals surface area (Å²) in [7, 11) is 0. The lowest BCUT2D eigenvalue weighted by Gasteiger charge is -2.14. The second kappa shape index (κ2) is 6.53. The molecule has 2 aromatic rings. The molecule has 0 bridgehead atoms. The third-order valence-electron chi connectivity index (χ3n) is 3.34. The summed E-state index contributed by atoms with van der Waals surface area (Å²) >= 11 is 0. The summed E-state index contributed by atoms with van der Waals surface area (Å²) in [6.07, 6.45) is 4.00. The van der Waals surface area contributed by atoms with Crippen molar-refractivity contribution in [1.29, 1.82) is 0 Å². The third kappa shape index (κ3) is 3.40. The van der Waals surface area contributed by atoms with Crippen LogP contribution in [0.1, 0.15) is 22.3 Å². The van der Waals surface area contributed by atoms with Gasteiger partial charge in [-0.25, -0.2) is 9.97 Å². The fourth-order valence-electron chi connectivity index (χ4n) is 2.21. The van der Waals surface area contributed by atoms with E-state index in [-0.39, 0.29) is 12.0 Å². The normalized spacial score (nSPS) is 17.2. The number of anilines is 1. The van der Waals surface area contributed by atoms with E-state index < -0.39 is 0 Å². The fourth-order valence-corrected chi connectivity index (χ4v) is 2.21. The largest absolute Gasteiger partial charge is 0.471 e. The smallest absolute Gasteiger partial charge is 0.262 e. The Bertz CT molecular complexity index is 669. The molecule has 3 rings (SSSR count). The highest BCUT2D eigenvalue weighted by atomic mass is 16.5. The van der Waals surface area contributed by atoms with E-state index in [1.165, 1.54) is 0 Å². The second-order valence-corrected chi connectivity index (χ2v) is 5.13. The van der Waals surface area contributed by atoms with Crippen molar-refractivity contribution in [2.45, 2.75) is 19.4 Å². The standard InChI is InChI=1S/C16H17N3O3/c1-11-4-7-17-14(9-11)19-15(20)13-3-2-6-18-16(13)22-12-5-8-21-10-12/h2-4,6-7,9,12H,5,8,10H2,1H3,(H,17,19,20)/t12-/m1/s1. The first-order chi connectivity index (χ1) is 10.7. The number of hydrogen-bond donors (Lipinski definition) is 1. The van der Waals surface area contributed by atoms with E-state index in [4.69, 9.17) is 9.47 Å². The van der Waals surface area contributed by atoms with Crippen LogP contribution in [-0.4, -0.2) is 35.2 Å². The van der Waals surface area contributed by atoms with Gasteiger partial charge in [-0.2, -0.15) is 0 Å². The molecular weight excluding hydrogens is 282 g/mol. The third-order valence-corrected chi connectivity index (χ3v) is 3.34. The molecule has 1 aliphatic heterocycles. The van der Waals surface area contributed by atoms with Gasteiger partial charge in [-0.1, -0.05) is 0 Å². The maximum Gasteiger partial charge on any atom is 0.262 e. The second-order valence-electron chi connectivity index (χ2n) is 5.13. The number of carbonyl (C=O) groups is 1. The molecule has 3 heterocycles. The lowest BCUT2D eigenvalue weighted by Crippen LogP contribution is -2.20. The molecule has 0 aromatic carbocycles. The van der Waals surface area contributed by atoms with E-state index in [2.05, 4.69) is 15.3 Å². The van der Waals surface area contributed by atoms with Gasteiger partial charge in [0.25, 0.3) is 5.91 Å². The van der Waals surface area contributed by atoms with Crippen LogP contribution in [0, 0.1) is 6.92 Å². The molecule has 114 valence electrons. The Morgan fingerprint density at radius 1 is 1.36 bits per heavy atom. The predicted molar refractivity (Wildman–Crippen MR) is 81.0 cm³/mol. The van der Waals surface area contributed by atoms with Crippen LogP contribution < -0.4 is 10.1 Å². The van der Waals surface area contributed by atoms with E-state index in [0.717, 1.165) is 12.0 Å². The Balaban J connectivity index is 1.76. The van der Waals surface area contributed by atoms with Crippen molar-refractivity contribution >= 4 is 11.7 Å². The predicted octanol–water partition coefficient (Wildman–Crippen LogP) is 2.21. The molecule has 1 aliphatic rings.